The second-order valence-corrected chi connectivity index (χ2v) is 8.77. The van der Waals surface area contributed by atoms with Crippen LogP contribution in [0.5, 0.6) is 11.5 Å². The third-order valence-electron chi connectivity index (χ3n) is 6.60. The average molecular weight is 472 g/mol. The van der Waals surface area contributed by atoms with Crippen LogP contribution in [-0.2, 0) is 23.9 Å². The molecule has 4 atom stereocenters. The van der Waals surface area contributed by atoms with Gasteiger partial charge in [0.15, 0.2) is 5.78 Å². The van der Waals surface area contributed by atoms with Gasteiger partial charge in [0.05, 0.1) is 38.9 Å². The maximum absolute atomic E-state index is 13.8. The van der Waals surface area contributed by atoms with E-state index in [9.17, 15) is 14.4 Å². The SMILES string of the molecule is CC[C@@H](C)OC(=O)C1=C(C)NC2=C(C(=O)[C@@H](C(=O)OC)[C@@H](C)C2)[C@H]1c1ccc(OC)cc1OC. The fourth-order valence-electron chi connectivity index (χ4n) is 4.65. The maximum Gasteiger partial charge on any atom is 0.337 e. The van der Waals surface area contributed by atoms with Crippen molar-refractivity contribution in [1.82, 2.24) is 5.32 Å². The van der Waals surface area contributed by atoms with Crippen LogP contribution in [0.2, 0.25) is 0 Å². The van der Waals surface area contributed by atoms with Crippen LogP contribution in [0.1, 0.15) is 52.0 Å². The summed E-state index contributed by atoms with van der Waals surface area (Å²) in [4.78, 5) is 39.7. The molecule has 0 spiro atoms. The Morgan fingerprint density at radius 3 is 2.47 bits per heavy atom. The van der Waals surface area contributed by atoms with Gasteiger partial charge in [-0.25, -0.2) is 4.79 Å². The molecular weight excluding hydrogens is 438 g/mol. The van der Waals surface area contributed by atoms with Gasteiger partial charge in [0.2, 0.25) is 0 Å². The molecule has 0 aromatic heterocycles. The Kier molecular flexibility index (Phi) is 7.69. The normalized spacial score (nSPS) is 23.0. The number of nitrogens with one attached hydrogen (secondary N) is 1. The number of carbonyl (C=O) groups is 3. The second-order valence-electron chi connectivity index (χ2n) is 8.77. The first-order valence-electron chi connectivity index (χ1n) is 11.4. The van der Waals surface area contributed by atoms with Crippen molar-refractivity contribution in [3.8, 4) is 11.5 Å². The van der Waals surface area contributed by atoms with Gasteiger partial charge in [-0.05, 0) is 38.7 Å². The molecule has 0 unspecified atom stereocenters. The number of rotatable bonds is 7. The summed E-state index contributed by atoms with van der Waals surface area (Å²) < 4.78 is 21.6. The summed E-state index contributed by atoms with van der Waals surface area (Å²) in [5, 5.41) is 3.26. The van der Waals surface area contributed by atoms with Crippen LogP contribution >= 0.6 is 0 Å². The molecule has 0 fully saturated rings. The van der Waals surface area contributed by atoms with Crippen molar-refractivity contribution < 1.29 is 33.3 Å². The summed E-state index contributed by atoms with van der Waals surface area (Å²) in [6.45, 7) is 7.38. The van der Waals surface area contributed by atoms with Crippen molar-refractivity contribution in [2.45, 2.75) is 52.6 Å². The molecule has 0 amide bonds. The van der Waals surface area contributed by atoms with Crippen LogP contribution in [0, 0.1) is 11.8 Å². The monoisotopic (exact) mass is 471 g/mol. The van der Waals surface area contributed by atoms with E-state index in [1.165, 1.54) is 14.2 Å². The third kappa shape index (κ3) is 4.54. The van der Waals surface area contributed by atoms with Crippen LogP contribution in [0.15, 0.2) is 40.7 Å². The number of ether oxygens (including phenoxy) is 4. The first kappa shape index (κ1) is 25.3. The summed E-state index contributed by atoms with van der Waals surface area (Å²) in [6, 6.07) is 5.24. The van der Waals surface area contributed by atoms with E-state index in [0.717, 1.165) is 0 Å². The second kappa shape index (κ2) is 10.3. The summed E-state index contributed by atoms with van der Waals surface area (Å²) in [6.07, 6.45) is 0.809. The zero-order chi connectivity index (χ0) is 25.2. The van der Waals surface area contributed by atoms with Crippen LogP contribution < -0.4 is 14.8 Å². The highest BCUT2D eigenvalue weighted by Crippen LogP contribution is 2.48. The molecule has 34 heavy (non-hydrogen) atoms. The molecule has 2 aliphatic rings. The molecule has 0 saturated heterocycles. The van der Waals surface area contributed by atoms with Crippen LogP contribution in [0.25, 0.3) is 0 Å². The lowest BCUT2D eigenvalue weighted by Gasteiger charge is -2.38. The van der Waals surface area contributed by atoms with Crippen LogP contribution in [-0.4, -0.2) is 45.2 Å². The van der Waals surface area contributed by atoms with E-state index in [4.69, 9.17) is 18.9 Å². The first-order chi connectivity index (χ1) is 16.2. The zero-order valence-corrected chi connectivity index (χ0v) is 20.8. The molecule has 1 aromatic carbocycles. The molecule has 1 heterocycles. The Labute approximate surface area is 200 Å². The number of hydrogen-bond donors (Lipinski definition) is 1. The highest BCUT2D eigenvalue weighted by atomic mass is 16.5. The van der Waals surface area contributed by atoms with Gasteiger partial charge in [-0.2, -0.15) is 0 Å². The Morgan fingerprint density at radius 2 is 1.88 bits per heavy atom. The molecule has 1 N–H and O–H groups in total. The Morgan fingerprint density at radius 1 is 1.18 bits per heavy atom. The number of methoxy groups -OCH3 is 3. The molecule has 0 bridgehead atoms. The summed E-state index contributed by atoms with van der Waals surface area (Å²) in [5.41, 5.74) is 2.58. The minimum atomic E-state index is -0.956. The molecule has 1 aromatic rings. The third-order valence-corrected chi connectivity index (χ3v) is 6.60. The quantitative estimate of drug-likeness (QED) is 0.475. The molecule has 1 aliphatic carbocycles. The van der Waals surface area contributed by atoms with Crippen molar-refractivity contribution in [1.29, 1.82) is 0 Å². The first-order valence-corrected chi connectivity index (χ1v) is 11.4. The number of esters is 2. The summed E-state index contributed by atoms with van der Waals surface area (Å²) in [7, 11) is 4.34. The Balaban J connectivity index is 2.24. The van der Waals surface area contributed by atoms with Crippen molar-refractivity contribution in [2.75, 3.05) is 21.3 Å². The number of ketones is 1. The topological polar surface area (TPSA) is 100 Å². The Hall–Kier alpha value is -3.29. The van der Waals surface area contributed by atoms with Gasteiger partial charge in [-0.3, -0.25) is 9.59 Å². The van der Waals surface area contributed by atoms with Gasteiger partial charge in [0, 0.05) is 28.6 Å². The lowest BCUT2D eigenvalue weighted by Crippen LogP contribution is -2.43. The predicted octanol–water partition coefficient (Wildman–Crippen LogP) is 3.66. The maximum atomic E-state index is 13.8. The van der Waals surface area contributed by atoms with Gasteiger partial charge in [-0.1, -0.05) is 19.9 Å². The summed E-state index contributed by atoms with van der Waals surface area (Å²) >= 11 is 0. The van der Waals surface area contributed by atoms with E-state index in [-0.39, 0.29) is 17.8 Å². The van der Waals surface area contributed by atoms with Gasteiger partial charge in [-0.15, -0.1) is 0 Å². The van der Waals surface area contributed by atoms with Crippen LogP contribution in [0.3, 0.4) is 0 Å². The van der Waals surface area contributed by atoms with Gasteiger partial charge >= 0.3 is 11.9 Å². The minimum Gasteiger partial charge on any atom is -0.497 e. The van der Waals surface area contributed by atoms with E-state index in [0.29, 0.717) is 52.4 Å². The molecule has 0 saturated carbocycles. The van der Waals surface area contributed by atoms with E-state index in [1.807, 2.05) is 20.8 Å². The Bertz CT molecular complexity index is 1060. The molecule has 184 valence electrons. The number of allylic oxidation sites excluding steroid dienone is 3. The molecule has 8 heteroatoms. The molecular formula is C26H33NO7. The number of benzene rings is 1. The average Bonchev–Trinajstić information content (AvgIpc) is 2.82. The standard InChI is InChI=1S/C26H33NO7/c1-8-14(3)34-26(30)21-15(4)27-18-11-13(2)20(25(29)33-7)24(28)23(18)22(21)17-10-9-16(31-5)12-19(17)32-6/h9-10,12-14,20,22,27H,8,11H2,1-7H3/t13-,14+,20-,22-/m0/s1. The van der Waals surface area contributed by atoms with E-state index in [2.05, 4.69) is 5.32 Å². The lowest BCUT2D eigenvalue weighted by atomic mass is 9.69. The minimum absolute atomic E-state index is 0.258. The molecule has 3 rings (SSSR count). The van der Waals surface area contributed by atoms with Gasteiger partial charge < -0.3 is 24.3 Å². The van der Waals surface area contributed by atoms with Gasteiger partial charge in [0.25, 0.3) is 0 Å². The van der Waals surface area contributed by atoms with Crippen molar-refractivity contribution >= 4 is 17.7 Å². The summed E-state index contributed by atoms with van der Waals surface area (Å²) in [5.74, 6) is -2.43. The predicted molar refractivity (Wildman–Crippen MR) is 125 cm³/mol. The van der Waals surface area contributed by atoms with E-state index in [1.54, 1.807) is 32.2 Å². The van der Waals surface area contributed by atoms with E-state index >= 15 is 0 Å². The number of dihydropyridines is 1. The van der Waals surface area contributed by atoms with Crippen molar-refractivity contribution in [2.24, 2.45) is 11.8 Å². The molecule has 1 aliphatic heterocycles. The number of Topliss-reactive ketones (excluding diaryl/α,β-unsaturated/α-hetero) is 1. The van der Waals surface area contributed by atoms with Gasteiger partial charge in [0.1, 0.15) is 17.4 Å². The largest absolute Gasteiger partial charge is 0.497 e. The smallest absolute Gasteiger partial charge is 0.337 e. The lowest BCUT2D eigenvalue weighted by molar-refractivity contribution is -0.151. The fourth-order valence-corrected chi connectivity index (χ4v) is 4.65. The van der Waals surface area contributed by atoms with Crippen LogP contribution in [0.4, 0.5) is 0 Å². The molecule has 8 nitrogen and oxygen atoms in total. The fraction of sp³-hybridized carbons (Fsp3) is 0.500. The number of hydrogen-bond acceptors (Lipinski definition) is 8. The van der Waals surface area contributed by atoms with Crippen molar-refractivity contribution in [3.63, 3.8) is 0 Å². The number of carbonyl (C=O) groups excluding carboxylic acids is 3. The zero-order valence-electron chi connectivity index (χ0n) is 20.8. The highest BCUT2D eigenvalue weighted by molar-refractivity contribution is 6.12. The van der Waals surface area contributed by atoms with Crippen molar-refractivity contribution in [3.05, 3.63) is 46.3 Å². The van der Waals surface area contributed by atoms with E-state index < -0.39 is 23.8 Å². The highest BCUT2D eigenvalue weighted by Gasteiger charge is 2.48. The molecule has 0 radical (unpaired) electrons.